The molecule has 0 bridgehead atoms. The monoisotopic (exact) mass is 289 g/mol. The Bertz CT molecular complexity index is 392. The minimum atomic E-state index is 0.160. The van der Waals surface area contributed by atoms with Gasteiger partial charge in [0.1, 0.15) is 0 Å². The summed E-state index contributed by atoms with van der Waals surface area (Å²) in [7, 11) is 0. The van der Waals surface area contributed by atoms with E-state index >= 15 is 0 Å². The summed E-state index contributed by atoms with van der Waals surface area (Å²) in [4.78, 5) is 2.67. The first kappa shape index (κ1) is 16.9. The van der Waals surface area contributed by atoms with Crippen LogP contribution in [0.3, 0.4) is 0 Å². The van der Waals surface area contributed by atoms with Gasteiger partial charge >= 0.3 is 0 Å². The summed E-state index contributed by atoms with van der Waals surface area (Å²) in [5, 5.41) is 0. The van der Waals surface area contributed by atoms with Crippen molar-refractivity contribution in [2.75, 3.05) is 13.1 Å². The van der Waals surface area contributed by atoms with Crippen molar-refractivity contribution < 1.29 is 0 Å². The Morgan fingerprint density at radius 2 is 1.38 bits per heavy atom. The Kier molecular flexibility index (Phi) is 4.79. The van der Waals surface area contributed by atoms with E-state index in [1.165, 1.54) is 51.6 Å². The minimum absolute atomic E-state index is 0.160. The maximum Gasteiger partial charge on any atom is 0.0230 e. The topological polar surface area (TPSA) is 3.24 Å². The predicted octanol–water partition coefficient (Wildman–Crippen LogP) is 5.11. The standard InChI is InChI=1S/C20H35N/c1-18(2,3)10-7-17-8-11-20(12-9-17)13-15-21(16-14-20)19(4,5)6/h17H,8-9,11-16H2,1-6H3. The van der Waals surface area contributed by atoms with Crippen molar-refractivity contribution in [3.63, 3.8) is 0 Å². The molecule has 0 aromatic carbocycles. The van der Waals surface area contributed by atoms with E-state index in [0.29, 0.717) is 16.9 Å². The van der Waals surface area contributed by atoms with Crippen LogP contribution in [0.5, 0.6) is 0 Å². The van der Waals surface area contributed by atoms with Crippen LogP contribution in [0.25, 0.3) is 0 Å². The van der Waals surface area contributed by atoms with Crippen LogP contribution in [0.4, 0.5) is 0 Å². The van der Waals surface area contributed by atoms with E-state index in [0.717, 1.165) is 0 Å². The first-order valence-corrected chi connectivity index (χ1v) is 8.88. The van der Waals surface area contributed by atoms with Crippen molar-refractivity contribution in [2.24, 2.45) is 16.7 Å². The third-order valence-electron chi connectivity index (χ3n) is 5.47. The zero-order valence-electron chi connectivity index (χ0n) is 15.2. The van der Waals surface area contributed by atoms with Crippen molar-refractivity contribution in [1.82, 2.24) is 4.90 Å². The van der Waals surface area contributed by atoms with Crippen LogP contribution in [0.15, 0.2) is 0 Å². The normalized spacial score (nSPS) is 24.7. The largest absolute Gasteiger partial charge is 0.298 e. The van der Waals surface area contributed by atoms with Gasteiger partial charge in [0.25, 0.3) is 0 Å². The van der Waals surface area contributed by atoms with Crippen molar-refractivity contribution in [3.05, 3.63) is 0 Å². The zero-order valence-corrected chi connectivity index (χ0v) is 15.2. The lowest BCUT2D eigenvalue weighted by atomic mass is 9.65. The fourth-order valence-corrected chi connectivity index (χ4v) is 3.84. The smallest absolute Gasteiger partial charge is 0.0230 e. The van der Waals surface area contributed by atoms with Gasteiger partial charge in [-0.3, -0.25) is 4.90 Å². The van der Waals surface area contributed by atoms with Gasteiger partial charge in [-0.15, -0.1) is 0 Å². The second-order valence-corrected chi connectivity index (χ2v) is 9.45. The highest BCUT2D eigenvalue weighted by molar-refractivity contribution is 5.11. The Hall–Kier alpha value is -0.480. The highest BCUT2D eigenvalue weighted by Crippen LogP contribution is 2.47. The van der Waals surface area contributed by atoms with Crippen LogP contribution in [-0.2, 0) is 0 Å². The van der Waals surface area contributed by atoms with Crippen LogP contribution in [0.2, 0.25) is 0 Å². The zero-order chi connectivity index (χ0) is 15.7. The molecule has 0 aromatic rings. The van der Waals surface area contributed by atoms with Gasteiger partial charge in [-0.25, -0.2) is 0 Å². The van der Waals surface area contributed by atoms with E-state index in [-0.39, 0.29) is 5.41 Å². The van der Waals surface area contributed by atoms with Crippen LogP contribution >= 0.6 is 0 Å². The first-order chi connectivity index (χ1) is 9.60. The molecule has 0 unspecified atom stereocenters. The molecule has 21 heavy (non-hydrogen) atoms. The summed E-state index contributed by atoms with van der Waals surface area (Å²) < 4.78 is 0. The molecule has 120 valence electrons. The average Bonchev–Trinajstić information content (AvgIpc) is 2.37. The number of hydrogen-bond acceptors (Lipinski definition) is 1. The predicted molar refractivity (Wildman–Crippen MR) is 92.2 cm³/mol. The van der Waals surface area contributed by atoms with Gasteiger partial charge in [-0.1, -0.05) is 11.8 Å². The molecule has 2 fully saturated rings. The lowest BCUT2D eigenvalue weighted by Gasteiger charge is -2.49. The van der Waals surface area contributed by atoms with Gasteiger partial charge < -0.3 is 0 Å². The minimum Gasteiger partial charge on any atom is -0.298 e. The molecule has 1 saturated carbocycles. The Morgan fingerprint density at radius 1 is 0.857 bits per heavy atom. The van der Waals surface area contributed by atoms with Gasteiger partial charge in [0, 0.05) is 16.9 Å². The molecule has 1 aliphatic heterocycles. The fourth-order valence-electron chi connectivity index (χ4n) is 3.84. The number of likely N-dealkylation sites (tertiary alicyclic amines) is 1. The van der Waals surface area contributed by atoms with E-state index in [9.17, 15) is 0 Å². The lowest BCUT2D eigenvalue weighted by molar-refractivity contribution is 0.0175. The van der Waals surface area contributed by atoms with Gasteiger partial charge in [0.2, 0.25) is 0 Å². The highest BCUT2D eigenvalue weighted by atomic mass is 15.2. The van der Waals surface area contributed by atoms with Crippen LogP contribution in [-0.4, -0.2) is 23.5 Å². The number of hydrogen-bond donors (Lipinski definition) is 0. The Labute approximate surface area is 132 Å². The van der Waals surface area contributed by atoms with Crippen LogP contribution in [0, 0.1) is 28.6 Å². The SMILES string of the molecule is CC(C)(C)C#CC1CCC2(CC1)CCN(C(C)(C)C)CC2. The molecule has 0 N–H and O–H groups in total. The maximum atomic E-state index is 3.56. The molecule has 1 nitrogen and oxygen atoms in total. The van der Waals surface area contributed by atoms with Crippen LogP contribution in [0.1, 0.15) is 80.1 Å². The molecular weight excluding hydrogens is 254 g/mol. The highest BCUT2D eigenvalue weighted by Gasteiger charge is 2.39. The molecule has 0 radical (unpaired) electrons. The third-order valence-corrected chi connectivity index (χ3v) is 5.47. The van der Waals surface area contributed by atoms with E-state index in [1.807, 2.05) is 0 Å². The molecule has 1 heterocycles. The molecule has 2 aliphatic rings. The molecule has 1 heteroatoms. The van der Waals surface area contributed by atoms with E-state index in [2.05, 4.69) is 58.3 Å². The summed E-state index contributed by atoms with van der Waals surface area (Å²) in [6, 6.07) is 0. The van der Waals surface area contributed by atoms with E-state index in [1.54, 1.807) is 0 Å². The third kappa shape index (κ3) is 4.75. The quantitative estimate of drug-likeness (QED) is 0.560. The number of piperidine rings is 1. The Balaban J connectivity index is 1.86. The van der Waals surface area contributed by atoms with Crippen molar-refractivity contribution in [3.8, 4) is 11.8 Å². The average molecular weight is 290 g/mol. The molecule has 1 spiro atoms. The summed E-state index contributed by atoms with van der Waals surface area (Å²) >= 11 is 0. The van der Waals surface area contributed by atoms with Crippen molar-refractivity contribution in [1.29, 1.82) is 0 Å². The molecule has 0 amide bonds. The maximum absolute atomic E-state index is 3.56. The lowest BCUT2D eigenvalue weighted by Crippen LogP contribution is -2.49. The molecule has 2 rings (SSSR count). The summed E-state index contributed by atoms with van der Waals surface area (Å²) in [6.45, 7) is 16.3. The Morgan fingerprint density at radius 3 is 1.81 bits per heavy atom. The van der Waals surface area contributed by atoms with Crippen LogP contribution < -0.4 is 0 Å². The fraction of sp³-hybridized carbons (Fsp3) is 0.900. The first-order valence-electron chi connectivity index (χ1n) is 8.88. The summed E-state index contributed by atoms with van der Waals surface area (Å²) in [6.07, 6.45) is 8.30. The molecular formula is C20H35N. The van der Waals surface area contributed by atoms with Gasteiger partial charge in [0.15, 0.2) is 0 Å². The van der Waals surface area contributed by atoms with E-state index in [4.69, 9.17) is 0 Å². The second-order valence-electron chi connectivity index (χ2n) is 9.45. The van der Waals surface area contributed by atoms with Gasteiger partial charge in [-0.05, 0) is 98.6 Å². The van der Waals surface area contributed by atoms with Crippen molar-refractivity contribution >= 4 is 0 Å². The van der Waals surface area contributed by atoms with E-state index < -0.39 is 0 Å². The number of rotatable bonds is 0. The van der Waals surface area contributed by atoms with Gasteiger partial charge in [0.05, 0.1) is 0 Å². The summed E-state index contributed by atoms with van der Waals surface area (Å²) in [5.41, 5.74) is 1.16. The molecule has 0 atom stereocenters. The summed E-state index contributed by atoms with van der Waals surface area (Å²) in [5.74, 6) is 7.67. The van der Waals surface area contributed by atoms with Crippen molar-refractivity contribution in [2.45, 2.75) is 85.6 Å². The molecule has 1 saturated heterocycles. The van der Waals surface area contributed by atoms with Gasteiger partial charge in [-0.2, -0.15) is 0 Å². The molecule has 1 aliphatic carbocycles. The molecule has 0 aromatic heterocycles. The number of nitrogens with zero attached hydrogens (tertiary/aromatic N) is 1. The second kappa shape index (κ2) is 5.96.